The lowest BCUT2D eigenvalue weighted by atomic mass is 9.78. The van der Waals surface area contributed by atoms with Crippen LogP contribution in [0.1, 0.15) is 57.4 Å². The van der Waals surface area contributed by atoms with Gasteiger partial charge in [-0.1, -0.05) is 6.07 Å². The molecule has 0 saturated carbocycles. The fraction of sp³-hybridized carbons (Fsp3) is 0.545. The van der Waals surface area contributed by atoms with Crippen LogP contribution < -0.4 is 5.46 Å². The Morgan fingerprint density at radius 3 is 2.58 bits per heavy atom. The van der Waals surface area contributed by atoms with E-state index in [9.17, 15) is 14.9 Å². The summed E-state index contributed by atoms with van der Waals surface area (Å²) in [4.78, 5) is 24.3. The molecule has 2 fully saturated rings. The molecule has 4 rings (SSSR count). The Balaban J connectivity index is 1.82. The van der Waals surface area contributed by atoms with Crippen molar-refractivity contribution in [3.63, 3.8) is 0 Å². The fourth-order valence-electron chi connectivity index (χ4n) is 4.01. The van der Waals surface area contributed by atoms with Gasteiger partial charge in [-0.25, -0.2) is 4.79 Å². The predicted octanol–water partition coefficient (Wildman–Crippen LogP) is 2.90. The third kappa shape index (κ3) is 4.16. The highest BCUT2D eigenvalue weighted by Gasteiger charge is 2.52. The van der Waals surface area contributed by atoms with E-state index in [0.29, 0.717) is 30.8 Å². The summed E-state index contributed by atoms with van der Waals surface area (Å²) in [6.07, 6.45) is 2.09. The van der Waals surface area contributed by atoms with Gasteiger partial charge in [0.05, 0.1) is 52.8 Å². The second kappa shape index (κ2) is 8.55. The SMILES string of the molecule is CCOC(=O)c1cnn(C2CCOC2)c1-c1ccc(B2OC(C)(C)C(C)(C)O2)cc1[N+](=O)[O-]. The number of ether oxygens (including phenoxy) is 2. The molecule has 10 nitrogen and oxygen atoms in total. The summed E-state index contributed by atoms with van der Waals surface area (Å²) < 4.78 is 24.4. The molecule has 1 unspecified atom stereocenters. The van der Waals surface area contributed by atoms with E-state index in [1.54, 1.807) is 23.7 Å². The first-order valence-corrected chi connectivity index (χ1v) is 11.0. The topological polar surface area (TPSA) is 115 Å². The number of nitrogens with zero attached hydrogens (tertiary/aromatic N) is 3. The maximum absolute atomic E-state index is 12.7. The second-order valence-electron chi connectivity index (χ2n) is 9.21. The summed E-state index contributed by atoms with van der Waals surface area (Å²) in [6, 6.07) is 4.65. The van der Waals surface area contributed by atoms with Crippen molar-refractivity contribution in [1.29, 1.82) is 0 Å². The minimum atomic E-state index is -0.750. The minimum Gasteiger partial charge on any atom is -0.462 e. The van der Waals surface area contributed by atoms with Crippen LogP contribution in [0.15, 0.2) is 24.4 Å². The fourth-order valence-corrected chi connectivity index (χ4v) is 4.01. The zero-order valence-electron chi connectivity index (χ0n) is 19.5. The van der Waals surface area contributed by atoms with Crippen LogP contribution in [0, 0.1) is 10.1 Å². The molecule has 2 saturated heterocycles. The van der Waals surface area contributed by atoms with Gasteiger partial charge in [0.1, 0.15) is 5.56 Å². The molecule has 1 aromatic carbocycles. The van der Waals surface area contributed by atoms with E-state index in [1.807, 2.05) is 27.7 Å². The van der Waals surface area contributed by atoms with Gasteiger partial charge in [0.25, 0.3) is 5.69 Å². The molecule has 0 N–H and O–H groups in total. The zero-order chi connectivity index (χ0) is 24.0. The smallest absolute Gasteiger partial charge is 0.462 e. The summed E-state index contributed by atoms with van der Waals surface area (Å²) in [5, 5.41) is 16.5. The molecule has 2 aromatic rings. The lowest BCUT2D eigenvalue weighted by molar-refractivity contribution is -0.384. The number of esters is 1. The normalized spacial score (nSPS) is 21.4. The van der Waals surface area contributed by atoms with Crippen LogP contribution in [-0.2, 0) is 18.8 Å². The first kappa shape index (κ1) is 23.4. The number of carbonyl (C=O) groups excluding carboxylic acids is 1. The van der Waals surface area contributed by atoms with E-state index in [4.69, 9.17) is 18.8 Å². The van der Waals surface area contributed by atoms with Crippen molar-refractivity contribution in [3.05, 3.63) is 40.1 Å². The molecule has 0 amide bonds. The van der Waals surface area contributed by atoms with Crippen molar-refractivity contribution >= 4 is 24.2 Å². The molecule has 0 spiro atoms. The van der Waals surface area contributed by atoms with Crippen molar-refractivity contribution < 1.29 is 28.5 Å². The van der Waals surface area contributed by atoms with Gasteiger partial charge < -0.3 is 18.8 Å². The van der Waals surface area contributed by atoms with E-state index in [-0.39, 0.29) is 29.5 Å². The molecule has 0 bridgehead atoms. The van der Waals surface area contributed by atoms with Gasteiger partial charge in [0.15, 0.2) is 0 Å². The molecule has 3 heterocycles. The number of nitro benzene ring substituents is 1. The average molecular weight is 457 g/mol. The Morgan fingerprint density at radius 1 is 1.30 bits per heavy atom. The van der Waals surface area contributed by atoms with Crippen LogP contribution >= 0.6 is 0 Å². The average Bonchev–Trinajstić information content (AvgIpc) is 3.45. The third-order valence-electron chi connectivity index (χ3n) is 6.54. The number of hydrogen-bond acceptors (Lipinski definition) is 8. The highest BCUT2D eigenvalue weighted by atomic mass is 16.7. The predicted molar refractivity (Wildman–Crippen MR) is 120 cm³/mol. The first-order chi connectivity index (χ1) is 15.6. The van der Waals surface area contributed by atoms with Crippen molar-refractivity contribution in [2.75, 3.05) is 19.8 Å². The number of aromatic nitrogens is 2. The van der Waals surface area contributed by atoms with Gasteiger partial charge in [-0.3, -0.25) is 14.8 Å². The maximum Gasteiger partial charge on any atom is 0.495 e. The van der Waals surface area contributed by atoms with Crippen LogP contribution in [-0.4, -0.2) is 58.8 Å². The van der Waals surface area contributed by atoms with Crippen molar-refractivity contribution in [3.8, 4) is 11.3 Å². The molecular formula is C22H28BN3O7. The molecule has 1 aromatic heterocycles. The molecule has 11 heteroatoms. The van der Waals surface area contributed by atoms with Crippen LogP contribution in [0.3, 0.4) is 0 Å². The summed E-state index contributed by atoms with van der Waals surface area (Å²) in [5.41, 5.74) is -0.0170. The van der Waals surface area contributed by atoms with Crippen LogP contribution in [0.4, 0.5) is 5.69 Å². The summed E-state index contributed by atoms with van der Waals surface area (Å²) in [5.74, 6) is -0.581. The van der Waals surface area contributed by atoms with Gasteiger partial charge in [0, 0.05) is 12.7 Å². The lowest BCUT2D eigenvalue weighted by Crippen LogP contribution is -2.41. The molecule has 2 aliphatic heterocycles. The van der Waals surface area contributed by atoms with E-state index >= 15 is 0 Å². The highest BCUT2D eigenvalue weighted by Crippen LogP contribution is 2.38. The second-order valence-corrected chi connectivity index (χ2v) is 9.21. The van der Waals surface area contributed by atoms with Gasteiger partial charge in [-0.2, -0.15) is 5.10 Å². The first-order valence-electron chi connectivity index (χ1n) is 11.0. The van der Waals surface area contributed by atoms with Crippen LogP contribution in [0.2, 0.25) is 0 Å². The number of rotatable bonds is 6. The van der Waals surface area contributed by atoms with Gasteiger partial charge in [-0.15, -0.1) is 0 Å². The zero-order valence-corrected chi connectivity index (χ0v) is 19.5. The molecule has 0 aliphatic carbocycles. The quantitative estimate of drug-likeness (QED) is 0.282. The number of benzene rings is 1. The Kier molecular flexibility index (Phi) is 6.06. The lowest BCUT2D eigenvalue weighted by Gasteiger charge is -2.32. The summed E-state index contributed by atoms with van der Waals surface area (Å²) in [6.45, 7) is 10.5. The number of hydrogen-bond donors (Lipinski definition) is 0. The van der Waals surface area contributed by atoms with Crippen LogP contribution in [0.25, 0.3) is 11.3 Å². The molecule has 2 aliphatic rings. The number of carbonyl (C=O) groups is 1. The van der Waals surface area contributed by atoms with Crippen LogP contribution in [0.5, 0.6) is 0 Å². The Labute approximate surface area is 192 Å². The maximum atomic E-state index is 12.7. The standard InChI is InChI=1S/C22H28BN3O7/c1-6-31-20(27)17-12-24-25(15-9-10-30-13-15)19(17)16-8-7-14(11-18(16)26(28)29)23-32-21(2,3)22(4,5)33-23/h7-8,11-12,15H,6,9-10,13H2,1-5H3. The third-order valence-corrected chi connectivity index (χ3v) is 6.54. The molecule has 176 valence electrons. The monoisotopic (exact) mass is 457 g/mol. The summed E-state index contributed by atoms with van der Waals surface area (Å²) >= 11 is 0. The molecule has 33 heavy (non-hydrogen) atoms. The number of nitro groups is 1. The van der Waals surface area contributed by atoms with Gasteiger partial charge >= 0.3 is 13.1 Å². The largest absolute Gasteiger partial charge is 0.495 e. The van der Waals surface area contributed by atoms with Gasteiger partial charge in [-0.05, 0) is 52.6 Å². The van der Waals surface area contributed by atoms with E-state index < -0.39 is 29.2 Å². The van der Waals surface area contributed by atoms with E-state index in [1.165, 1.54) is 12.3 Å². The molecule has 1 atom stereocenters. The summed E-state index contributed by atoms with van der Waals surface area (Å²) in [7, 11) is -0.750. The van der Waals surface area contributed by atoms with Crippen molar-refractivity contribution in [1.82, 2.24) is 9.78 Å². The Bertz CT molecular complexity index is 1060. The Hall–Kier alpha value is -2.76. The van der Waals surface area contributed by atoms with Crippen molar-refractivity contribution in [2.24, 2.45) is 0 Å². The molecule has 0 radical (unpaired) electrons. The highest BCUT2D eigenvalue weighted by molar-refractivity contribution is 6.62. The minimum absolute atomic E-state index is 0.134. The Morgan fingerprint density at radius 2 is 2.00 bits per heavy atom. The van der Waals surface area contributed by atoms with E-state index in [2.05, 4.69) is 5.10 Å². The molecular weight excluding hydrogens is 429 g/mol. The van der Waals surface area contributed by atoms with Crippen molar-refractivity contribution in [2.45, 2.75) is 58.3 Å². The van der Waals surface area contributed by atoms with E-state index in [0.717, 1.165) is 0 Å². The van der Waals surface area contributed by atoms with Gasteiger partial charge in [0.2, 0.25) is 0 Å².